The average Bonchev–Trinajstić information content (AvgIpc) is 2.77. The third-order valence-corrected chi connectivity index (χ3v) is 8.24. The molecule has 2 nitrogen and oxygen atoms in total. The first-order valence-corrected chi connectivity index (χ1v) is 9.17. The van der Waals surface area contributed by atoms with E-state index in [2.05, 4.69) is 13.8 Å². The molecule has 3 heteroatoms. The van der Waals surface area contributed by atoms with Gasteiger partial charge in [-0.25, -0.2) is 4.39 Å². The molecule has 6 atom stereocenters. The second kappa shape index (κ2) is 4.68. The summed E-state index contributed by atoms with van der Waals surface area (Å²) in [6.45, 7) is 6.39. The molecule has 127 valence electrons. The first-order chi connectivity index (χ1) is 10.7. The van der Waals surface area contributed by atoms with Crippen LogP contribution in [0.4, 0.5) is 4.39 Å². The standard InChI is InChI=1S/C20H28FO2/c1-12-4-6-15-16-7-5-13-10-14(22)8-9-19(13,3)20(16,21)17(23)11-18(12,15)2/h10,15-17,23H,4-9,11H2,1-3H3/t15-,16-,17?,18+,19-,20?/m0/s1. The van der Waals surface area contributed by atoms with Crippen LogP contribution in [0.15, 0.2) is 11.6 Å². The maximum atomic E-state index is 16.6. The van der Waals surface area contributed by atoms with E-state index in [0.717, 1.165) is 31.3 Å². The fraction of sp³-hybridized carbons (Fsp3) is 0.800. The summed E-state index contributed by atoms with van der Waals surface area (Å²) in [6.07, 6.45) is 5.97. The van der Waals surface area contributed by atoms with Crippen LogP contribution in [0.1, 0.15) is 65.7 Å². The van der Waals surface area contributed by atoms with Gasteiger partial charge in [-0.2, -0.15) is 0 Å². The number of aliphatic hydroxyl groups is 1. The highest BCUT2D eigenvalue weighted by Gasteiger charge is 2.70. The van der Waals surface area contributed by atoms with E-state index in [1.54, 1.807) is 6.08 Å². The molecule has 0 amide bonds. The van der Waals surface area contributed by atoms with E-state index in [-0.39, 0.29) is 17.1 Å². The number of aliphatic hydroxyl groups excluding tert-OH is 1. The van der Waals surface area contributed by atoms with Crippen LogP contribution >= 0.6 is 0 Å². The molecule has 0 spiro atoms. The van der Waals surface area contributed by atoms with Gasteiger partial charge in [0.05, 0.1) is 6.10 Å². The van der Waals surface area contributed by atoms with Gasteiger partial charge in [0.25, 0.3) is 0 Å². The van der Waals surface area contributed by atoms with Crippen LogP contribution in [0.25, 0.3) is 0 Å². The minimum atomic E-state index is -1.58. The lowest BCUT2D eigenvalue weighted by molar-refractivity contribution is -0.200. The molecular weight excluding hydrogens is 291 g/mol. The Morgan fingerprint density at radius 2 is 1.87 bits per heavy atom. The highest BCUT2D eigenvalue weighted by molar-refractivity contribution is 5.91. The summed E-state index contributed by atoms with van der Waals surface area (Å²) >= 11 is 0. The third-order valence-electron chi connectivity index (χ3n) is 8.24. The van der Waals surface area contributed by atoms with Gasteiger partial charge in [-0.05, 0) is 61.9 Å². The molecular formula is C20H28FO2. The summed E-state index contributed by atoms with van der Waals surface area (Å²) in [7, 11) is 0. The summed E-state index contributed by atoms with van der Waals surface area (Å²) in [6, 6.07) is 0. The lowest BCUT2D eigenvalue weighted by Gasteiger charge is -2.62. The largest absolute Gasteiger partial charge is 0.390 e. The number of rotatable bonds is 0. The van der Waals surface area contributed by atoms with Gasteiger partial charge in [0, 0.05) is 17.8 Å². The summed E-state index contributed by atoms with van der Waals surface area (Å²) in [5.41, 5.74) is -1.30. The monoisotopic (exact) mass is 319 g/mol. The van der Waals surface area contributed by atoms with Crippen molar-refractivity contribution in [1.82, 2.24) is 0 Å². The molecule has 3 saturated carbocycles. The number of alkyl halides is 1. The Morgan fingerprint density at radius 3 is 2.61 bits per heavy atom. The number of halogens is 1. The number of allylic oxidation sites excluding steroid dienone is 1. The van der Waals surface area contributed by atoms with Crippen molar-refractivity contribution in [3.05, 3.63) is 17.6 Å². The van der Waals surface area contributed by atoms with Crippen molar-refractivity contribution in [2.45, 2.75) is 77.5 Å². The maximum absolute atomic E-state index is 16.6. The second-order valence-corrected chi connectivity index (χ2v) is 8.94. The van der Waals surface area contributed by atoms with Crippen LogP contribution < -0.4 is 0 Å². The predicted molar refractivity (Wildman–Crippen MR) is 87.4 cm³/mol. The average molecular weight is 319 g/mol. The molecule has 1 radical (unpaired) electrons. The predicted octanol–water partition coefficient (Wildman–Crippen LogP) is 4.18. The lowest BCUT2D eigenvalue weighted by Crippen LogP contribution is -2.67. The summed E-state index contributed by atoms with van der Waals surface area (Å²) in [4.78, 5) is 11.8. The van der Waals surface area contributed by atoms with Crippen molar-refractivity contribution in [3.63, 3.8) is 0 Å². The van der Waals surface area contributed by atoms with Crippen LogP contribution in [0, 0.1) is 28.6 Å². The summed E-state index contributed by atoms with van der Waals surface area (Å²) in [5.74, 6) is 1.82. The van der Waals surface area contributed by atoms with Gasteiger partial charge in [0.1, 0.15) is 5.67 Å². The Balaban J connectivity index is 1.81. The van der Waals surface area contributed by atoms with Gasteiger partial charge >= 0.3 is 0 Å². The number of hydrogen-bond acceptors (Lipinski definition) is 2. The van der Waals surface area contributed by atoms with E-state index < -0.39 is 17.2 Å². The molecule has 0 saturated heterocycles. The van der Waals surface area contributed by atoms with Crippen molar-refractivity contribution in [2.24, 2.45) is 22.7 Å². The SMILES string of the molecule is C[C]1CC[C@H]2[C@@H]3CCC4=CC(=O)CC[C@]4(C)C3(F)C(O)C[C@]12C. The molecule has 1 N–H and O–H groups in total. The molecule has 0 aromatic rings. The lowest BCUT2D eigenvalue weighted by atomic mass is 9.44. The van der Waals surface area contributed by atoms with Gasteiger partial charge in [-0.3, -0.25) is 4.79 Å². The zero-order valence-corrected chi connectivity index (χ0v) is 14.5. The molecule has 0 aromatic carbocycles. The van der Waals surface area contributed by atoms with Crippen LogP contribution in [-0.2, 0) is 4.79 Å². The Kier molecular flexibility index (Phi) is 3.22. The molecule has 0 aliphatic heterocycles. The van der Waals surface area contributed by atoms with Gasteiger partial charge in [-0.1, -0.05) is 26.3 Å². The summed E-state index contributed by atoms with van der Waals surface area (Å²) in [5, 5.41) is 11.0. The molecule has 4 aliphatic rings. The van der Waals surface area contributed by atoms with Crippen molar-refractivity contribution in [2.75, 3.05) is 0 Å². The van der Waals surface area contributed by atoms with E-state index in [1.165, 1.54) is 5.92 Å². The maximum Gasteiger partial charge on any atom is 0.155 e. The fourth-order valence-electron chi connectivity index (χ4n) is 6.60. The molecule has 0 aromatic heterocycles. The van der Waals surface area contributed by atoms with Crippen LogP contribution in [0.3, 0.4) is 0 Å². The quantitative estimate of drug-likeness (QED) is 0.727. The molecule has 4 aliphatic carbocycles. The highest BCUT2D eigenvalue weighted by Crippen LogP contribution is 2.69. The Labute approximate surface area is 138 Å². The Hall–Kier alpha value is -0.700. The molecule has 23 heavy (non-hydrogen) atoms. The summed E-state index contributed by atoms with van der Waals surface area (Å²) < 4.78 is 16.6. The molecule has 0 heterocycles. The van der Waals surface area contributed by atoms with Crippen LogP contribution in [0.5, 0.6) is 0 Å². The topological polar surface area (TPSA) is 37.3 Å². The minimum Gasteiger partial charge on any atom is -0.390 e. The van der Waals surface area contributed by atoms with E-state index in [0.29, 0.717) is 25.2 Å². The molecule has 4 rings (SSSR count). The first-order valence-electron chi connectivity index (χ1n) is 9.17. The van der Waals surface area contributed by atoms with E-state index >= 15 is 4.39 Å². The Morgan fingerprint density at radius 1 is 1.17 bits per heavy atom. The number of fused-ring (bicyclic) bond motifs is 5. The van der Waals surface area contributed by atoms with Crippen LogP contribution in [0.2, 0.25) is 0 Å². The molecule has 0 bridgehead atoms. The molecule has 3 fully saturated rings. The first kappa shape index (κ1) is 15.8. The van der Waals surface area contributed by atoms with E-state index in [4.69, 9.17) is 0 Å². The van der Waals surface area contributed by atoms with Crippen molar-refractivity contribution < 1.29 is 14.3 Å². The number of carbonyl (C=O) groups is 1. The number of carbonyl (C=O) groups excluding carboxylic acids is 1. The number of hydrogen-bond donors (Lipinski definition) is 1. The zero-order valence-electron chi connectivity index (χ0n) is 14.5. The van der Waals surface area contributed by atoms with Crippen LogP contribution in [-0.4, -0.2) is 22.7 Å². The van der Waals surface area contributed by atoms with E-state index in [1.807, 2.05) is 6.92 Å². The molecule has 2 unspecified atom stereocenters. The normalized spacial score (nSPS) is 53.3. The highest BCUT2D eigenvalue weighted by atomic mass is 19.1. The zero-order chi connectivity index (χ0) is 16.6. The van der Waals surface area contributed by atoms with Crippen molar-refractivity contribution in [3.8, 4) is 0 Å². The third kappa shape index (κ3) is 1.75. The fourth-order valence-corrected chi connectivity index (χ4v) is 6.60. The van der Waals surface area contributed by atoms with E-state index in [9.17, 15) is 9.90 Å². The Bertz CT molecular complexity index is 584. The van der Waals surface area contributed by atoms with Gasteiger partial charge < -0.3 is 5.11 Å². The van der Waals surface area contributed by atoms with Gasteiger partial charge in [-0.15, -0.1) is 0 Å². The van der Waals surface area contributed by atoms with Gasteiger partial charge in [0.2, 0.25) is 0 Å². The minimum absolute atomic E-state index is 0.0122. The second-order valence-electron chi connectivity index (χ2n) is 8.94. The van der Waals surface area contributed by atoms with Crippen molar-refractivity contribution in [1.29, 1.82) is 0 Å². The van der Waals surface area contributed by atoms with Crippen molar-refractivity contribution >= 4 is 5.78 Å². The smallest absolute Gasteiger partial charge is 0.155 e. The van der Waals surface area contributed by atoms with Gasteiger partial charge in [0.15, 0.2) is 5.78 Å². The number of ketones is 1.